The average molecular weight is 446 g/mol. The zero-order valence-electron chi connectivity index (χ0n) is 17.1. The summed E-state index contributed by atoms with van der Waals surface area (Å²) in [7, 11) is -2.03. The molecule has 30 heavy (non-hydrogen) atoms. The second kappa shape index (κ2) is 7.64. The first kappa shape index (κ1) is 20.8. The summed E-state index contributed by atoms with van der Waals surface area (Å²) in [5, 5.41) is 0. The number of rotatable bonds is 3. The van der Waals surface area contributed by atoms with Gasteiger partial charge >= 0.3 is 4.87 Å². The van der Waals surface area contributed by atoms with E-state index >= 15 is 0 Å². The van der Waals surface area contributed by atoms with Gasteiger partial charge in [0.1, 0.15) is 0 Å². The van der Waals surface area contributed by atoms with Crippen molar-refractivity contribution in [1.82, 2.24) is 13.8 Å². The minimum absolute atomic E-state index is 0.0694. The van der Waals surface area contributed by atoms with Crippen molar-refractivity contribution in [3.05, 3.63) is 62.8 Å². The van der Waals surface area contributed by atoms with Crippen molar-refractivity contribution in [3.63, 3.8) is 0 Å². The highest BCUT2D eigenvalue weighted by atomic mass is 32.2. The Labute approximate surface area is 179 Å². The summed E-state index contributed by atoms with van der Waals surface area (Å²) in [6, 6.07) is 10.5. The number of piperazine rings is 1. The van der Waals surface area contributed by atoms with Gasteiger partial charge in [-0.2, -0.15) is 4.31 Å². The molecule has 0 bridgehead atoms. The fourth-order valence-corrected chi connectivity index (χ4v) is 6.22. The van der Waals surface area contributed by atoms with E-state index < -0.39 is 10.0 Å². The van der Waals surface area contributed by atoms with Crippen LogP contribution in [-0.2, 0) is 17.1 Å². The molecule has 7 nitrogen and oxygen atoms in total. The fraction of sp³-hybridized carbons (Fsp3) is 0.333. The number of benzene rings is 2. The Morgan fingerprint density at radius 1 is 1.00 bits per heavy atom. The molecule has 1 aromatic heterocycles. The summed E-state index contributed by atoms with van der Waals surface area (Å²) < 4.78 is 29.8. The first-order valence-electron chi connectivity index (χ1n) is 9.65. The number of hydrogen-bond donors (Lipinski definition) is 0. The van der Waals surface area contributed by atoms with Gasteiger partial charge in [-0.05, 0) is 43.7 Å². The van der Waals surface area contributed by atoms with Gasteiger partial charge in [0.15, 0.2) is 0 Å². The van der Waals surface area contributed by atoms with E-state index in [9.17, 15) is 18.0 Å². The topological polar surface area (TPSA) is 79.7 Å². The molecule has 0 aliphatic carbocycles. The molecular formula is C21H23N3O4S2. The summed E-state index contributed by atoms with van der Waals surface area (Å²) in [4.78, 5) is 26.5. The Hall–Kier alpha value is -2.49. The number of aromatic nitrogens is 1. The summed E-state index contributed by atoms with van der Waals surface area (Å²) in [6.07, 6.45) is 0. The van der Waals surface area contributed by atoms with Crippen molar-refractivity contribution < 1.29 is 13.2 Å². The molecule has 0 radical (unpaired) electrons. The van der Waals surface area contributed by atoms with E-state index in [4.69, 9.17) is 0 Å². The zero-order chi connectivity index (χ0) is 21.6. The predicted molar refractivity (Wildman–Crippen MR) is 118 cm³/mol. The van der Waals surface area contributed by atoms with Crippen molar-refractivity contribution in [2.24, 2.45) is 7.05 Å². The third-order valence-electron chi connectivity index (χ3n) is 5.54. The smallest absolute Gasteiger partial charge is 0.307 e. The summed E-state index contributed by atoms with van der Waals surface area (Å²) >= 11 is 1.03. The molecule has 0 saturated carbocycles. The van der Waals surface area contributed by atoms with E-state index in [0.29, 0.717) is 28.9 Å². The molecular weight excluding hydrogens is 422 g/mol. The van der Waals surface area contributed by atoms with Crippen LogP contribution < -0.4 is 4.87 Å². The third-order valence-corrected chi connectivity index (χ3v) is 8.43. The molecule has 0 N–H and O–H groups in total. The quantitative estimate of drug-likeness (QED) is 0.620. The molecule has 1 saturated heterocycles. The number of amides is 1. The summed E-state index contributed by atoms with van der Waals surface area (Å²) in [6.45, 7) is 5.05. The van der Waals surface area contributed by atoms with Crippen LogP contribution in [-0.4, -0.2) is 54.3 Å². The Morgan fingerprint density at radius 3 is 2.37 bits per heavy atom. The zero-order valence-corrected chi connectivity index (χ0v) is 18.7. The van der Waals surface area contributed by atoms with E-state index in [1.54, 1.807) is 24.1 Å². The van der Waals surface area contributed by atoms with Crippen LogP contribution in [0.5, 0.6) is 0 Å². The number of carbonyl (C=O) groups is 1. The van der Waals surface area contributed by atoms with Crippen molar-refractivity contribution in [2.75, 3.05) is 26.2 Å². The standard InChI is InChI=1S/C21H23N3O4S2/c1-14-4-6-17(15(2)12-14)20(25)23-8-10-24(11-9-23)30(27,28)16-5-7-18-19(13-16)29-21(26)22(18)3/h4-7,12-13H,8-11H2,1-3H3. The fourth-order valence-electron chi connectivity index (χ4n) is 3.78. The first-order valence-corrected chi connectivity index (χ1v) is 11.9. The molecule has 1 fully saturated rings. The SMILES string of the molecule is Cc1ccc(C(=O)N2CCN(S(=O)(=O)c3ccc4c(c3)sc(=O)n4C)CC2)c(C)c1. The van der Waals surface area contributed by atoms with Crippen molar-refractivity contribution in [2.45, 2.75) is 18.7 Å². The highest BCUT2D eigenvalue weighted by Gasteiger charge is 2.31. The van der Waals surface area contributed by atoms with Crippen LogP contribution in [0.15, 0.2) is 46.1 Å². The van der Waals surface area contributed by atoms with Crippen molar-refractivity contribution in [1.29, 1.82) is 0 Å². The van der Waals surface area contributed by atoms with Gasteiger partial charge in [0.25, 0.3) is 5.91 Å². The lowest BCUT2D eigenvalue weighted by Gasteiger charge is -2.34. The molecule has 2 heterocycles. The normalized spacial score (nSPS) is 15.6. The molecule has 1 amide bonds. The molecule has 0 unspecified atom stereocenters. The number of nitrogens with zero attached hydrogens (tertiary/aromatic N) is 3. The molecule has 3 aromatic rings. The van der Waals surface area contributed by atoms with E-state index in [1.165, 1.54) is 14.9 Å². The Bertz CT molecular complexity index is 1300. The molecule has 1 aliphatic heterocycles. The molecule has 4 rings (SSSR count). The van der Waals surface area contributed by atoms with Crippen LogP contribution >= 0.6 is 11.3 Å². The lowest BCUT2D eigenvalue weighted by atomic mass is 10.0. The highest BCUT2D eigenvalue weighted by Crippen LogP contribution is 2.25. The summed E-state index contributed by atoms with van der Waals surface area (Å²) in [5.41, 5.74) is 3.39. The minimum Gasteiger partial charge on any atom is -0.336 e. The number of carbonyl (C=O) groups excluding carboxylic acids is 1. The number of fused-ring (bicyclic) bond motifs is 1. The summed E-state index contributed by atoms with van der Waals surface area (Å²) in [5.74, 6) is -0.0694. The number of sulfonamides is 1. The van der Waals surface area contributed by atoms with E-state index in [1.807, 2.05) is 32.0 Å². The average Bonchev–Trinajstić information content (AvgIpc) is 3.01. The third kappa shape index (κ3) is 3.57. The molecule has 9 heteroatoms. The van der Waals surface area contributed by atoms with Crippen molar-refractivity contribution >= 4 is 37.5 Å². The highest BCUT2D eigenvalue weighted by molar-refractivity contribution is 7.89. The van der Waals surface area contributed by atoms with Gasteiger partial charge in [-0.15, -0.1) is 0 Å². The van der Waals surface area contributed by atoms with Crippen LogP contribution in [0.25, 0.3) is 10.2 Å². The molecule has 2 aromatic carbocycles. The van der Waals surface area contributed by atoms with E-state index in [2.05, 4.69) is 0 Å². The van der Waals surface area contributed by atoms with E-state index in [0.717, 1.165) is 22.5 Å². The largest absolute Gasteiger partial charge is 0.336 e. The Balaban J connectivity index is 1.51. The van der Waals surface area contributed by atoms with Crippen LogP contribution in [0.1, 0.15) is 21.5 Å². The maximum Gasteiger partial charge on any atom is 0.307 e. The van der Waals surface area contributed by atoms with Crippen LogP contribution in [0.2, 0.25) is 0 Å². The van der Waals surface area contributed by atoms with Crippen LogP contribution in [0.4, 0.5) is 0 Å². The number of hydrogen-bond acceptors (Lipinski definition) is 5. The minimum atomic E-state index is -3.69. The molecule has 0 atom stereocenters. The lowest BCUT2D eigenvalue weighted by Crippen LogP contribution is -2.50. The maximum atomic E-state index is 13.1. The predicted octanol–water partition coefficient (Wildman–Crippen LogP) is 2.36. The van der Waals surface area contributed by atoms with Crippen LogP contribution in [0.3, 0.4) is 0 Å². The van der Waals surface area contributed by atoms with Gasteiger partial charge in [0.05, 0.1) is 15.1 Å². The van der Waals surface area contributed by atoms with Crippen molar-refractivity contribution in [3.8, 4) is 0 Å². The Morgan fingerprint density at radius 2 is 1.70 bits per heavy atom. The Kier molecular flexibility index (Phi) is 5.29. The van der Waals surface area contributed by atoms with E-state index in [-0.39, 0.29) is 28.8 Å². The number of aryl methyl sites for hydroxylation is 3. The van der Waals surface area contributed by atoms with Gasteiger partial charge in [0.2, 0.25) is 10.0 Å². The van der Waals surface area contributed by atoms with Gasteiger partial charge in [-0.25, -0.2) is 8.42 Å². The lowest BCUT2D eigenvalue weighted by molar-refractivity contribution is 0.0697. The number of thiazole rings is 1. The second-order valence-corrected chi connectivity index (χ2v) is 10.5. The van der Waals surface area contributed by atoms with Crippen LogP contribution in [0, 0.1) is 13.8 Å². The first-order chi connectivity index (χ1) is 14.2. The second-order valence-electron chi connectivity index (χ2n) is 7.57. The van der Waals surface area contributed by atoms with Gasteiger partial charge < -0.3 is 9.47 Å². The van der Waals surface area contributed by atoms with Gasteiger partial charge in [-0.1, -0.05) is 29.0 Å². The molecule has 0 spiro atoms. The molecule has 1 aliphatic rings. The molecule has 158 valence electrons. The van der Waals surface area contributed by atoms with Gasteiger partial charge in [-0.3, -0.25) is 9.59 Å². The van der Waals surface area contributed by atoms with Gasteiger partial charge in [0, 0.05) is 38.8 Å². The maximum absolute atomic E-state index is 13.1. The monoisotopic (exact) mass is 445 g/mol.